The van der Waals surface area contributed by atoms with Gasteiger partial charge in [-0.15, -0.1) is 0 Å². The van der Waals surface area contributed by atoms with Crippen LogP contribution in [0.2, 0.25) is 0 Å². The second kappa shape index (κ2) is 6.65. The third-order valence-corrected chi connectivity index (χ3v) is 2.82. The molecule has 0 aromatic carbocycles. The van der Waals surface area contributed by atoms with Crippen LogP contribution >= 0.6 is 0 Å². The normalized spacial score (nSPS) is 13.2. The lowest BCUT2D eigenvalue weighted by Gasteiger charge is -2.17. The molecule has 112 valence electrons. The van der Waals surface area contributed by atoms with Crippen LogP contribution in [0.15, 0.2) is 12.4 Å². The van der Waals surface area contributed by atoms with Crippen molar-refractivity contribution in [2.75, 3.05) is 11.9 Å². The molecule has 0 saturated heterocycles. The van der Waals surface area contributed by atoms with E-state index in [2.05, 4.69) is 20.6 Å². The molecular weight excluding hydrogens is 256 g/mol. The van der Waals surface area contributed by atoms with Gasteiger partial charge in [-0.05, 0) is 5.92 Å². The van der Waals surface area contributed by atoms with Crippen LogP contribution in [0.3, 0.4) is 0 Å². The Bertz CT molecular complexity index is 437. The number of nitrogens with one attached hydrogen (secondary N) is 2. The van der Waals surface area contributed by atoms with Crippen molar-refractivity contribution < 1.29 is 9.90 Å². The molecule has 1 aromatic heterocycles. The summed E-state index contributed by atoms with van der Waals surface area (Å²) in [7, 11) is 0. The van der Waals surface area contributed by atoms with Crippen molar-refractivity contribution in [1.29, 1.82) is 0 Å². The molecule has 1 atom stereocenters. The lowest BCUT2D eigenvalue weighted by molar-refractivity contribution is 0.126. The minimum atomic E-state index is -0.555. The van der Waals surface area contributed by atoms with Crippen molar-refractivity contribution >= 4 is 11.7 Å². The fourth-order valence-electron chi connectivity index (χ4n) is 1.39. The Labute approximate surface area is 120 Å². The standard InChI is InChI=1S/C14H24N4O2/c1-9(2)11(19)8-17-13(20)18-10-6-15-12(16-7-10)14(3,4)5/h6-7,9,11,19H,8H2,1-5H3,(H2,17,18,20). The molecule has 0 aliphatic rings. The van der Waals surface area contributed by atoms with Gasteiger partial charge in [0.1, 0.15) is 5.82 Å². The minimum Gasteiger partial charge on any atom is -0.391 e. The maximum atomic E-state index is 11.6. The van der Waals surface area contributed by atoms with Crippen molar-refractivity contribution in [2.24, 2.45) is 5.92 Å². The van der Waals surface area contributed by atoms with E-state index in [4.69, 9.17) is 0 Å². The third kappa shape index (κ3) is 5.13. The molecule has 20 heavy (non-hydrogen) atoms. The molecule has 1 unspecified atom stereocenters. The number of aliphatic hydroxyl groups is 1. The van der Waals surface area contributed by atoms with Crippen molar-refractivity contribution in [1.82, 2.24) is 15.3 Å². The zero-order valence-electron chi connectivity index (χ0n) is 12.8. The van der Waals surface area contributed by atoms with Gasteiger partial charge in [-0.3, -0.25) is 0 Å². The van der Waals surface area contributed by atoms with E-state index in [1.54, 1.807) is 12.4 Å². The summed E-state index contributed by atoms with van der Waals surface area (Å²) < 4.78 is 0. The van der Waals surface area contributed by atoms with Crippen molar-refractivity contribution in [3.05, 3.63) is 18.2 Å². The van der Waals surface area contributed by atoms with E-state index < -0.39 is 6.10 Å². The predicted octanol–water partition coefficient (Wildman–Crippen LogP) is 1.91. The molecule has 6 heteroatoms. The number of urea groups is 1. The van der Waals surface area contributed by atoms with E-state index in [9.17, 15) is 9.90 Å². The Morgan fingerprint density at radius 1 is 1.30 bits per heavy atom. The summed E-state index contributed by atoms with van der Waals surface area (Å²) in [6, 6.07) is -0.378. The molecule has 3 N–H and O–H groups in total. The second-order valence-electron chi connectivity index (χ2n) is 6.19. The second-order valence-corrected chi connectivity index (χ2v) is 6.19. The number of hydrogen-bond acceptors (Lipinski definition) is 4. The Morgan fingerprint density at radius 3 is 2.30 bits per heavy atom. The average molecular weight is 280 g/mol. The molecule has 0 saturated carbocycles. The molecule has 1 aromatic rings. The van der Waals surface area contributed by atoms with Crippen LogP contribution in [-0.4, -0.2) is 33.8 Å². The summed E-state index contributed by atoms with van der Waals surface area (Å²) in [6.45, 7) is 10.1. The SMILES string of the molecule is CC(C)C(O)CNC(=O)Nc1cnc(C(C)(C)C)nc1. The van der Waals surface area contributed by atoms with E-state index in [0.29, 0.717) is 5.69 Å². The molecule has 1 rings (SSSR count). The Kier molecular flexibility index (Phi) is 5.44. The van der Waals surface area contributed by atoms with Gasteiger partial charge in [0, 0.05) is 12.0 Å². The van der Waals surface area contributed by atoms with Crippen molar-refractivity contribution in [2.45, 2.75) is 46.1 Å². The molecule has 2 amide bonds. The highest BCUT2D eigenvalue weighted by Crippen LogP contribution is 2.18. The average Bonchev–Trinajstić information content (AvgIpc) is 2.35. The smallest absolute Gasteiger partial charge is 0.319 e. The lowest BCUT2D eigenvalue weighted by atomic mass is 9.96. The molecule has 0 spiro atoms. The summed E-state index contributed by atoms with van der Waals surface area (Å²) in [5, 5.41) is 14.8. The summed E-state index contributed by atoms with van der Waals surface area (Å²) >= 11 is 0. The van der Waals surface area contributed by atoms with Gasteiger partial charge in [-0.2, -0.15) is 0 Å². The first-order chi connectivity index (χ1) is 9.20. The maximum Gasteiger partial charge on any atom is 0.319 e. The van der Waals surface area contributed by atoms with E-state index >= 15 is 0 Å². The summed E-state index contributed by atoms with van der Waals surface area (Å²) in [5.74, 6) is 0.823. The Balaban J connectivity index is 2.51. The first-order valence-corrected chi connectivity index (χ1v) is 6.75. The van der Waals surface area contributed by atoms with Gasteiger partial charge in [0.05, 0.1) is 24.2 Å². The van der Waals surface area contributed by atoms with Gasteiger partial charge in [-0.25, -0.2) is 14.8 Å². The van der Waals surface area contributed by atoms with Crippen LogP contribution in [0.1, 0.15) is 40.4 Å². The minimum absolute atomic E-state index is 0.102. The van der Waals surface area contributed by atoms with Gasteiger partial charge in [-0.1, -0.05) is 34.6 Å². The molecule has 0 aliphatic carbocycles. The predicted molar refractivity (Wildman–Crippen MR) is 78.6 cm³/mol. The number of aromatic nitrogens is 2. The maximum absolute atomic E-state index is 11.6. The number of rotatable bonds is 4. The summed E-state index contributed by atoms with van der Waals surface area (Å²) in [6.07, 6.45) is 2.60. The summed E-state index contributed by atoms with van der Waals surface area (Å²) in [4.78, 5) is 20.1. The van der Waals surface area contributed by atoms with Gasteiger partial charge in [0.25, 0.3) is 0 Å². The number of carbonyl (C=O) groups excluding carboxylic acids is 1. The number of nitrogens with zero attached hydrogens (tertiary/aromatic N) is 2. The van der Waals surface area contributed by atoms with E-state index in [-0.39, 0.29) is 23.9 Å². The first-order valence-electron chi connectivity index (χ1n) is 6.75. The third-order valence-electron chi connectivity index (χ3n) is 2.82. The first kappa shape index (κ1) is 16.4. The zero-order valence-corrected chi connectivity index (χ0v) is 12.8. The lowest BCUT2D eigenvalue weighted by Crippen LogP contribution is -2.37. The van der Waals surface area contributed by atoms with E-state index in [1.165, 1.54) is 0 Å². The molecule has 0 bridgehead atoms. The van der Waals surface area contributed by atoms with Gasteiger partial charge >= 0.3 is 6.03 Å². The number of hydrogen-bond donors (Lipinski definition) is 3. The molecule has 0 fully saturated rings. The zero-order chi connectivity index (χ0) is 15.3. The highest BCUT2D eigenvalue weighted by atomic mass is 16.3. The number of carbonyl (C=O) groups is 1. The van der Waals surface area contributed by atoms with Crippen LogP contribution in [0.25, 0.3) is 0 Å². The van der Waals surface area contributed by atoms with E-state index in [1.807, 2.05) is 34.6 Å². The van der Waals surface area contributed by atoms with Crippen molar-refractivity contribution in [3.8, 4) is 0 Å². The number of anilines is 1. The molecule has 6 nitrogen and oxygen atoms in total. The fourth-order valence-corrected chi connectivity index (χ4v) is 1.39. The highest BCUT2D eigenvalue weighted by Gasteiger charge is 2.17. The van der Waals surface area contributed by atoms with Gasteiger partial charge in [0.15, 0.2) is 0 Å². The van der Waals surface area contributed by atoms with Crippen LogP contribution in [0, 0.1) is 5.92 Å². The van der Waals surface area contributed by atoms with Crippen LogP contribution in [0.5, 0.6) is 0 Å². The quantitative estimate of drug-likeness (QED) is 0.786. The number of amides is 2. The van der Waals surface area contributed by atoms with Crippen molar-refractivity contribution in [3.63, 3.8) is 0 Å². The largest absolute Gasteiger partial charge is 0.391 e. The van der Waals surface area contributed by atoms with Crippen LogP contribution in [-0.2, 0) is 5.41 Å². The Morgan fingerprint density at radius 2 is 1.85 bits per heavy atom. The number of aliphatic hydroxyl groups excluding tert-OH is 1. The van der Waals surface area contributed by atoms with Gasteiger partial charge in [0.2, 0.25) is 0 Å². The molecular formula is C14H24N4O2. The topological polar surface area (TPSA) is 87.1 Å². The fraction of sp³-hybridized carbons (Fsp3) is 0.643. The molecule has 0 aliphatic heterocycles. The molecule has 0 radical (unpaired) electrons. The van der Waals surface area contributed by atoms with Gasteiger partial charge < -0.3 is 15.7 Å². The Hall–Kier alpha value is -1.69. The van der Waals surface area contributed by atoms with Crippen LogP contribution in [0.4, 0.5) is 10.5 Å². The van der Waals surface area contributed by atoms with E-state index in [0.717, 1.165) is 5.82 Å². The summed E-state index contributed by atoms with van der Waals surface area (Å²) in [5.41, 5.74) is 0.400. The molecule has 1 heterocycles. The van der Waals surface area contributed by atoms with Crippen LogP contribution < -0.4 is 10.6 Å². The monoisotopic (exact) mass is 280 g/mol. The highest BCUT2D eigenvalue weighted by molar-refractivity contribution is 5.88.